The van der Waals surface area contributed by atoms with Crippen molar-refractivity contribution in [3.63, 3.8) is 0 Å². The number of thiophene rings is 1. The molecule has 1 aromatic heterocycles. The van der Waals surface area contributed by atoms with Crippen LogP contribution in [0.4, 0.5) is 15.5 Å². The average Bonchev–Trinajstić information content (AvgIpc) is 3.56. The number of nitrogens with zero attached hydrogens (tertiary/aromatic N) is 2. The first-order chi connectivity index (χ1) is 27.9. The highest BCUT2D eigenvalue weighted by Gasteiger charge is 2.31. The van der Waals surface area contributed by atoms with Crippen LogP contribution in [0.1, 0.15) is 70.4 Å². The van der Waals surface area contributed by atoms with Gasteiger partial charge in [0.05, 0.1) is 18.7 Å². The molecule has 2 heterocycles. The molecule has 1 atom stereocenters. The first-order valence-corrected chi connectivity index (χ1v) is 20.4. The van der Waals surface area contributed by atoms with Crippen molar-refractivity contribution in [1.82, 2.24) is 10.2 Å². The van der Waals surface area contributed by atoms with Crippen molar-refractivity contribution in [3.05, 3.63) is 148 Å². The fourth-order valence-corrected chi connectivity index (χ4v) is 8.44. The number of hydrogen-bond donors (Lipinski definition) is 3. The maximum atomic E-state index is 14.2. The van der Waals surface area contributed by atoms with Gasteiger partial charge in [0.2, 0.25) is 5.91 Å². The number of benzene rings is 4. The number of ether oxygens (including phenoxy) is 2. The predicted molar refractivity (Wildman–Crippen MR) is 228 cm³/mol. The molecule has 58 heavy (non-hydrogen) atoms. The lowest BCUT2D eigenvalue weighted by Crippen LogP contribution is -2.39. The zero-order valence-corrected chi connectivity index (χ0v) is 34.2. The van der Waals surface area contributed by atoms with E-state index in [4.69, 9.17) is 9.47 Å². The standard InChI is InChI=1S/C45H43N5O6S2/c1-5-55-37-22-13-12-19-31(37)25-36(48-40(51)30-17-10-7-11-18-30)41(52)47-32-20-14-21-33(26-32)57-39(29-15-8-6-9-16-29)42(53)49-43-35(27-46)34-23-24-50(28-38(34)58-43)44(54)56-45(2,3)4/h6-22,25-26,39H,5,23-24,28H2,1-4H3,(H,47,52)(H,48,51)(H,49,53)/b36-25+. The molecule has 4 aromatic carbocycles. The van der Waals surface area contributed by atoms with E-state index in [1.54, 1.807) is 71.6 Å². The van der Waals surface area contributed by atoms with E-state index < -0.39 is 28.8 Å². The smallest absolute Gasteiger partial charge is 0.410 e. The van der Waals surface area contributed by atoms with Gasteiger partial charge in [-0.15, -0.1) is 23.1 Å². The zero-order valence-electron chi connectivity index (χ0n) is 32.5. The van der Waals surface area contributed by atoms with Gasteiger partial charge in [0.25, 0.3) is 11.8 Å². The molecule has 4 amide bonds. The fraction of sp³-hybridized carbons (Fsp3) is 0.222. The lowest BCUT2D eigenvalue weighted by atomic mass is 10.0. The fourth-order valence-electron chi connectivity index (χ4n) is 6.14. The van der Waals surface area contributed by atoms with Crippen LogP contribution in [0.3, 0.4) is 0 Å². The van der Waals surface area contributed by atoms with E-state index >= 15 is 0 Å². The van der Waals surface area contributed by atoms with Crippen LogP contribution in [-0.2, 0) is 27.3 Å². The first-order valence-electron chi connectivity index (χ1n) is 18.7. The number of hydrogen-bond acceptors (Lipinski definition) is 9. The van der Waals surface area contributed by atoms with E-state index in [0.717, 1.165) is 16.0 Å². The van der Waals surface area contributed by atoms with Crippen LogP contribution in [0.25, 0.3) is 6.08 Å². The van der Waals surface area contributed by atoms with Crippen LogP contribution in [0.2, 0.25) is 0 Å². The van der Waals surface area contributed by atoms with Gasteiger partial charge in [-0.3, -0.25) is 14.4 Å². The summed E-state index contributed by atoms with van der Waals surface area (Å²) in [5, 5.41) is 18.6. The van der Waals surface area contributed by atoms with E-state index in [1.165, 1.54) is 23.1 Å². The first kappa shape index (κ1) is 41.3. The van der Waals surface area contributed by atoms with Crippen LogP contribution in [0.15, 0.2) is 120 Å². The monoisotopic (exact) mass is 813 g/mol. The van der Waals surface area contributed by atoms with Crippen molar-refractivity contribution in [2.45, 2.75) is 56.4 Å². The number of nitriles is 1. The minimum atomic E-state index is -0.744. The lowest BCUT2D eigenvalue weighted by Gasteiger charge is -2.29. The predicted octanol–water partition coefficient (Wildman–Crippen LogP) is 9.19. The molecule has 0 bridgehead atoms. The molecule has 0 saturated carbocycles. The Morgan fingerprint density at radius 2 is 1.64 bits per heavy atom. The van der Waals surface area contributed by atoms with E-state index in [0.29, 0.717) is 57.6 Å². The topological polar surface area (TPSA) is 150 Å². The van der Waals surface area contributed by atoms with E-state index in [9.17, 15) is 24.4 Å². The molecule has 1 aliphatic rings. The van der Waals surface area contributed by atoms with E-state index in [1.807, 2.05) is 76.2 Å². The Bertz CT molecular complexity index is 2370. The Hall–Kier alpha value is -6.36. The lowest BCUT2D eigenvalue weighted by molar-refractivity contribution is -0.116. The summed E-state index contributed by atoms with van der Waals surface area (Å²) in [6.07, 6.45) is 1.61. The van der Waals surface area contributed by atoms with Gasteiger partial charge < -0.3 is 30.3 Å². The van der Waals surface area contributed by atoms with Crippen molar-refractivity contribution < 1.29 is 28.7 Å². The second kappa shape index (κ2) is 18.7. The molecule has 0 saturated heterocycles. The van der Waals surface area contributed by atoms with Crippen molar-refractivity contribution in [2.75, 3.05) is 23.8 Å². The molecule has 5 aromatic rings. The highest BCUT2D eigenvalue weighted by molar-refractivity contribution is 8.00. The highest BCUT2D eigenvalue weighted by Crippen LogP contribution is 2.41. The minimum absolute atomic E-state index is 0.00163. The van der Waals surface area contributed by atoms with Gasteiger partial charge >= 0.3 is 6.09 Å². The second-order valence-corrected chi connectivity index (χ2v) is 16.5. The second-order valence-electron chi connectivity index (χ2n) is 14.2. The molecular weight excluding hydrogens is 771 g/mol. The largest absolute Gasteiger partial charge is 0.493 e. The molecule has 3 N–H and O–H groups in total. The van der Waals surface area contributed by atoms with E-state index in [-0.39, 0.29) is 18.1 Å². The molecule has 0 spiro atoms. The number of para-hydroxylation sites is 1. The molecule has 11 nitrogen and oxygen atoms in total. The van der Waals surface area contributed by atoms with Crippen LogP contribution in [0, 0.1) is 11.3 Å². The van der Waals surface area contributed by atoms with Crippen molar-refractivity contribution >= 4 is 63.7 Å². The van der Waals surface area contributed by atoms with Gasteiger partial charge in [0.1, 0.15) is 33.4 Å². The van der Waals surface area contributed by atoms with Crippen LogP contribution in [0.5, 0.6) is 5.75 Å². The molecule has 6 rings (SSSR count). The van der Waals surface area contributed by atoms with Gasteiger partial charge in [-0.25, -0.2) is 4.79 Å². The molecule has 1 aliphatic heterocycles. The molecular formula is C45H43N5O6S2. The summed E-state index contributed by atoms with van der Waals surface area (Å²) >= 11 is 2.57. The summed E-state index contributed by atoms with van der Waals surface area (Å²) in [5.41, 5.74) is 2.74. The average molecular weight is 814 g/mol. The van der Waals surface area contributed by atoms with E-state index in [2.05, 4.69) is 22.0 Å². The summed E-state index contributed by atoms with van der Waals surface area (Å²) in [5.74, 6) is -0.804. The summed E-state index contributed by atoms with van der Waals surface area (Å²) in [6.45, 7) is 8.40. The zero-order chi connectivity index (χ0) is 41.2. The number of carbonyl (C=O) groups excluding carboxylic acids is 4. The van der Waals surface area contributed by atoms with Crippen LogP contribution < -0.4 is 20.7 Å². The number of carbonyl (C=O) groups is 4. The number of anilines is 2. The third-order valence-corrected chi connectivity index (χ3v) is 11.2. The molecule has 0 aliphatic carbocycles. The quantitative estimate of drug-likeness (QED) is 0.0834. The number of fused-ring (bicyclic) bond motifs is 1. The summed E-state index contributed by atoms with van der Waals surface area (Å²) in [7, 11) is 0. The molecule has 1 unspecified atom stereocenters. The van der Waals surface area contributed by atoms with Crippen molar-refractivity contribution in [1.29, 1.82) is 5.26 Å². The third-order valence-electron chi connectivity index (χ3n) is 8.79. The number of rotatable bonds is 12. The maximum absolute atomic E-state index is 14.2. The minimum Gasteiger partial charge on any atom is -0.493 e. The highest BCUT2D eigenvalue weighted by atomic mass is 32.2. The Kier molecular flexibility index (Phi) is 13.3. The van der Waals surface area contributed by atoms with Gasteiger partial charge in [-0.05, 0) is 87.7 Å². The SMILES string of the molecule is CCOc1ccccc1/C=C(/NC(=O)c1ccccc1)C(=O)Nc1cccc(SC(C(=O)Nc2sc3c(c2C#N)CCN(C(=O)OC(C)(C)C)C3)c2ccccc2)c1. The Morgan fingerprint density at radius 1 is 0.931 bits per heavy atom. The van der Waals surface area contributed by atoms with Crippen LogP contribution in [-0.4, -0.2) is 47.5 Å². The summed E-state index contributed by atoms with van der Waals surface area (Å²) in [4.78, 5) is 57.3. The van der Waals surface area contributed by atoms with Gasteiger partial charge in [0.15, 0.2) is 0 Å². The molecule has 296 valence electrons. The number of amides is 4. The van der Waals surface area contributed by atoms with Crippen LogP contribution >= 0.6 is 23.1 Å². The molecule has 0 fully saturated rings. The maximum Gasteiger partial charge on any atom is 0.410 e. The van der Waals surface area contributed by atoms with Gasteiger partial charge in [-0.2, -0.15) is 5.26 Å². The number of thioether (sulfide) groups is 1. The van der Waals surface area contributed by atoms with Gasteiger partial charge in [-0.1, -0.05) is 72.8 Å². The van der Waals surface area contributed by atoms with Crippen molar-refractivity contribution in [3.8, 4) is 11.8 Å². The summed E-state index contributed by atoms with van der Waals surface area (Å²) in [6, 6.07) is 34.5. The van der Waals surface area contributed by atoms with Gasteiger partial charge in [0, 0.05) is 33.1 Å². The summed E-state index contributed by atoms with van der Waals surface area (Å²) < 4.78 is 11.3. The Balaban J connectivity index is 1.23. The third kappa shape index (κ3) is 10.5. The normalized spacial score (nSPS) is 13.0. The molecule has 0 radical (unpaired) electrons. The Morgan fingerprint density at radius 3 is 2.34 bits per heavy atom. The number of nitrogens with one attached hydrogen (secondary N) is 3. The molecule has 13 heteroatoms. The Labute approximate surface area is 346 Å². The van der Waals surface area contributed by atoms with Crippen molar-refractivity contribution in [2.24, 2.45) is 0 Å².